The van der Waals surface area contributed by atoms with Gasteiger partial charge in [0, 0.05) is 38.2 Å². The third kappa shape index (κ3) is 3.11. The molecule has 104 valence electrons. The van der Waals surface area contributed by atoms with Gasteiger partial charge in [-0.05, 0) is 32.7 Å². The number of hydrogen-bond acceptors (Lipinski definition) is 4. The maximum atomic E-state index is 12.4. The number of hydrogen-bond donors (Lipinski definition) is 1. The highest BCUT2D eigenvalue weighted by molar-refractivity contribution is 5.83. The van der Waals surface area contributed by atoms with Crippen LogP contribution in [0.15, 0.2) is 0 Å². The molecule has 0 aromatic rings. The molecule has 2 atom stereocenters. The van der Waals surface area contributed by atoms with Crippen LogP contribution in [0.4, 0.5) is 0 Å². The average Bonchev–Trinajstić information content (AvgIpc) is 2.39. The fourth-order valence-corrected chi connectivity index (χ4v) is 3.17. The van der Waals surface area contributed by atoms with Crippen molar-refractivity contribution in [2.45, 2.75) is 38.2 Å². The molecule has 2 heterocycles. The molecule has 0 aromatic carbocycles. The van der Waals surface area contributed by atoms with Gasteiger partial charge in [-0.2, -0.15) is 0 Å². The minimum Gasteiger partial charge on any atom is -0.381 e. The first kappa shape index (κ1) is 14.0. The Hall–Kier alpha value is -0.450. The van der Waals surface area contributed by atoms with Crippen LogP contribution >= 0.6 is 0 Å². The van der Waals surface area contributed by atoms with E-state index in [-0.39, 0.29) is 17.4 Å². The monoisotopic (exact) mass is 255 g/mol. The van der Waals surface area contributed by atoms with Crippen molar-refractivity contribution in [1.29, 1.82) is 0 Å². The molecule has 2 aliphatic rings. The SMILES string of the molecule is CNCC(C)C(=O)C1CCOC2(CCOCC2)C1. The number of carbonyl (C=O) groups is 1. The molecule has 0 amide bonds. The van der Waals surface area contributed by atoms with Crippen molar-refractivity contribution in [2.75, 3.05) is 33.4 Å². The predicted octanol–water partition coefficient (Wildman–Crippen LogP) is 1.39. The van der Waals surface area contributed by atoms with Crippen molar-refractivity contribution in [3.05, 3.63) is 0 Å². The van der Waals surface area contributed by atoms with Gasteiger partial charge in [-0.3, -0.25) is 4.79 Å². The van der Waals surface area contributed by atoms with Crippen LogP contribution in [0.1, 0.15) is 32.6 Å². The zero-order valence-corrected chi connectivity index (χ0v) is 11.5. The molecular weight excluding hydrogens is 230 g/mol. The molecule has 0 saturated carbocycles. The Morgan fingerprint density at radius 2 is 2.11 bits per heavy atom. The second-order valence-corrected chi connectivity index (χ2v) is 5.69. The van der Waals surface area contributed by atoms with E-state index in [0.29, 0.717) is 5.78 Å². The van der Waals surface area contributed by atoms with Crippen molar-refractivity contribution in [3.8, 4) is 0 Å². The first-order valence-corrected chi connectivity index (χ1v) is 7.07. The van der Waals surface area contributed by atoms with Crippen LogP contribution in [0.25, 0.3) is 0 Å². The molecule has 2 aliphatic heterocycles. The molecule has 18 heavy (non-hydrogen) atoms. The molecule has 2 unspecified atom stereocenters. The number of carbonyl (C=O) groups excluding carboxylic acids is 1. The molecule has 0 aromatic heterocycles. The molecule has 4 heteroatoms. The zero-order valence-electron chi connectivity index (χ0n) is 11.5. The van der Waals surface area contributed by atoms with Crippen LogP contribution in [0.3, 0.4) is 0 Å². The lowest BCUT2D eigenvalue weighted by Gasteiger charge is -2.43. The smallest absolute Gasteiger partial charge is 0.140 e. The lowest BCUT2D eigenvalue weighted by atomic mass is 9.77. The van der Waals surface area contributed by atoms with Crippen LogP contribution in [0, 0.1) is 11.8 Å². The quantitative estimate of drug-likeness (QED) is 0.824. The van der Waals surface area contributed by atoms with Gasteiger partial charge in [-0.25, -0.2) is 0 Å². The number of nitrogens with one attached hydrogen (secondary N) is 1. The second kappa shape index (κ2) is 6.13. The molecule has 2 rings (SSSR count). The van der Waals surface area contributed by atoms with E-state index in [9.17, 15) is 4.79 Å². The normalized spacial score (nSPS) is 29.1. The maximum absolute atomic E-state index is 12.4. The molecule has 4 nitrogen and oxygen atoms in total. The number of ether oxygens (including phenoxy) is 2. The lowest BCUT2D eigenvalue weighted by molar-refractivity contribution is -0.158. The van der Waals surface area contributed by atoms with Gasteiger partial charge >= 0.3 is 0 Å². The van der Waals surface area contributed by atoms with Gasteiger partial charge in [0.05, 0.1) is 5.60 Å². The summed E-state index contributed by atoms with van der Waals surface area (Å²) in [7, 11) is 1.90. The van der Waals surface area contributed by atoms with Crippen LogP contribution in [-0.4, -0.2) is 44.8 Å². The Morgan fingerprint density at radius 3 is 2.78 bits per heavy atom. The van der Waals surface area contributed by atoms with E-state index in [4.69, 9.17) is 9.47 Å². The van der Waals surface area contributed by atoms with Gasteiger partial charge in [0.1, 0.15) is 5.78 Å². The zero-order chi connectivity index (χ0) is 13.0. The van der Waals surface area contributed by atoms with E-state index in [0.717, 1.165) is 52.0 Å². The van der Waals surface area contributed by atoms with Crippen molar-refractivity contribution in [2.24, 2.45) is 11.8 Å². The van der Waals surface area contributed by atoms with Gasteiger partial charge in [-0.15, -0.1) is 0 Å². The Morgan fingerprint density at radius 1 is 1.39 bits per heavy atom. The van der Waals surface area contributed by atoms with Gasteiger partial charge < -0.3 is 14.8 Å². The van der Waals surface area contributed by atoms with Gasteiger partial charge in [0.15, 0.2) is 0 Å². The Kier molecular flexibility index (Phi) is 4.76. The molecule has 2 saturated heterocycles. The fraction of sp³-hybridized carbons (Fsp3) is 0.929. The molecule has 0 aliphatic carbocycles. The van der Waals surface area contributed by atoms with E-state index in [1.54, 1.807) is 0 Å². The number of Topliss-reactive ketones (excluding diaryl/α,β-unsaturated/α-hetero) is 1. The Bertz CT molecular complexity index is 281. The lowest BCUT2D eigenvalue weighted by Crippen LogP contribution is -2.47. The van der Waals surface area contributed by atoms with E-state index in [2.05, 4.69) is 5.32 Å². The molecule has 0 radical (unpaired) electrons. The molecule has 1 N–H and O–H groups in total. The molecule has 2 fully saturated rings. The van der Waals surface area contributed by atoms with E-state index in [1.807, 2.05) is 14.0 Å². The van der Waals surface area contributed by atoms with Crippen molar-refractivity contribution in [1.82, 2.24) is 5.32 Å². The van der Waals surface area contributed by atoms with Gasteiger partial charge in [0.2, 0.25) is 0 Å². The summed E-state index contributed by atoms with van der Waals surface area (Å²) in [6.45, 7) is 5.06. The average molecular weight is 255 g/mol. The summed E-state index contributed by atoms with van der Waals surface area (Å²) in [6.07, 6.45) is 3.66. The van der Waals surface area contributed by atoms with Crippen molar-refractivity contribution >= 4 is 5.78 Å². The largest absolute Gasteiger partial charge is 0.381 e. The van der Waals surface area contributed by atoms with Crippen LogP contribution in [-0.2, 0) is 14.3 Å². The molecule has 1 spiro atoms. The second-order valence-electron chi connectivity index (χ2n) is 5.69. The summed E-state index contributed by atoms with van der Waals surface area (Å²) in [5.74, 6) is 0.689. The summed E-state index contributed by atoms with van der Waals surface area (Å²) in [5.41, 5.74) is -0.0732. The summed E-state index contributed by atoms with van der Waals surface area (Å²) in [6, 6.07) is 0. The van der Waals surface area contributed by atoms with Crippen molar-refractivity contribution < 1.29 is 14.3 Å². The highest BCUT2D eigenvalue weighted by atomic mass is 16.5. The first-order valence-electron chi connectivity index (χ1n) is 7.07. The van der Waals surface area contributed by atoms with Gasteiger partial charge in [-0.1, -0.05) is 6.92 Å². The summed E-state index contributed by atoms with van der Waals surface area (Å²) >= 11 is 0. The third-order valence-corrected chi connectivity index (χ3v) is 4.30. The fourth-order valence-electron chi connectivity index (χ4n) is 3.17. The summed E-state index contributed by atoms with van der Waals surface area (Å²) in [4.78, 5) is 12.4. The highest BCUT2D eigenvalue weighted by Crippen LogP contribution is 2.38. The van der Waals surface area contributed by atoms with E-state index in [1.165, 1.54) is 0 Å². The van der Waals surface area contributed by atoms with Gasteiger partial charge in [0.25, 0.3) is 0 Å². The minimum atomic E-state index is -0.0732. The molecule has 0 bridgehead atoms. The van der Waals surface area contributed by atoms with Crippen LogP contribution in [0.2, 0.25) is 0 Å². The first-order chi connectivity index (χ1) is 8.67. The Balaban J connectivity index is 1.95. The minimum absolute atomic E-state index is 0.0732. The van der Waals surface area contributed by atoms with Crippen LogP contribution < -0.4 is 5.32 Å². The number of rotatable bonds is 4. The number of ketones is 1. The van der Waals surface area contributed by atoms with Crippen LogP contribution in [0.5, 0.6) is 0 Å². The van der Waals surface area contributed by atoms with E-state index >= 15 is 0 Å². The highest BCUT2D eigenvalue weighted by Gasteiger charge is 2.41. The standard InChI is InChI=1S/C14H25NO3/c1-11(10-15-2)13(16)12-3-6-18-14(9-12)4-7-17-8-5-14/h11-12,15H,3-10H2,1-2H3. The Labute approximate surface area is 109 Å². The third-order valence-electron chi connectivity index (χ3n) is 4.30. The van der Waals surface area contributed by atoms with Crippen molar-refractivity contribution in [3.63, 3.8) is 0 Å². The topological polar surface area (TPSA) is 47.6 Å². The van der Waals surface area contributed by atoms with E-state index < -0.39 is 0 Å². The maximum Gasteiger partial charge on any atom is 0.140 e. The molecular formula is C14H25NO3. The predicted molar refractivity (Wildman–Crippen MR) is 69.6 cm³/mol. The summed E-state index contributed by atoms with van der Waals surface area (Å²) < 4.78 is 11.4. The summed E-state index contributed by atoms with van der Waals surface area (Å²) in [5, 5.41) is 3.09.